The molecule has 1 aromatic heterocycles. The molecule has 7 nitrogen and oxygen atoms in total. The number of piperidine rings is 1. The quantitative estimate of drug-likeness (QED) is 0.643. The molecule has 0 aliphatic carbocycles. The van der Waals surface area contributed by atoms with E-state index in [4.69, 9.17) is 11.6 Å². The van der Waals surface area contributed by atoms with Crippen LogP contribution in [0.4, 0.5) is 10.6 Å². The van der Waals surface area contributed by atoms with Crippen molar-refractivity contribution in [2.45, 2.75) is 24.8 Å². The maximum Gasteiger partial charge on any atom is 0.323 e. The molecule has 2 aliphatic heterocycles. The number of imidazole rings is 1. The van der Waals surface area contributed by atoms with Gasteiger partial charge in [0.2, 0.25) is 5.91 Å². The average Bonchev–Trinajstić information content (AvgIpc) is 3.23. The van der Waals surface area contributed by atoms with E-state index in [0.29, 0.717) is 43.2 Å². The Bertz CT molecular complexity index is 1150. The van der Waals surface area contributed by atoms with Gasteiger partial charge in [0.05, 0.1) is 18.2 Å². The Morgan fingerprint density at radius 1 is 1.13 bits per heavy atom. The van der Waals surface area contributed by atoms with Gasteiger partial charge >= 0.3 is 6.03 Å². The predicted molar refractivity (Wildman–Crippen MR) is 118 cm³/mol. The van der Waals surface area contributed by atoms with E-state index >= 15 is 0 Å². The number of rotatable bonds is 2. The first-order valence-electron chi connectivity index (χ1n) is 10.3. The summed E-state index contributed by atoms with van der Waals surface area (Å²) in [5.41, 5.74) is 2.73. The van der Waals surface area contributed by atoms with Crippen LogP contribution in [-0.4, -0.2) is 39.5 Å². The molecule has 8 heteroatoms. The fourth-order valence-electron chi connectivity index (χ4n) is 4.53. The number of fused-ring (bicyclic) bond motifs is 2. The van der Waals surface area contributed by atoms with Crippen LogP contribution in [0.25, 0.3) is 5.69 Å². The normalized spacial score (nSPS) is 17.2. The fourth-order valence-corrected chi connectivity index (χ4v) is 4.72. The molecule has 5 rings (SSSR count). The number of carbonyl (C=O) groups excluding carboxylic acids is 2. The summed E-state index contributed by atoms with van der Waals surface area (Å²) in [5, 5.41) is 6.70. The molecule has 2 N–H and O–H groups in total. The second kappa shape index (κ2) is 7.74. The molecule has 31 heavy (non-hydrogen) atoms. The molecule has 3 aromatic rings. The first-order chi connectivity index (χ1) is 15.0. The number of anilines is 1. The van der Waals surface area contributed by atoms with E-state index in [-0.39, 0.29) is 11.9 Å². The minimum Gasteiger partial charge on any atom is -0.346 e. The Labute approximate surface area is 185 Å². The molecule has 1 saturated heterocycles. The van der Waals surface area contributed by atoms with Gasteiger partial charge in [0, 0.05) is 23.8 Å². The number of amides is 3. The lowest BCUT2D eigenvalue weighted by molar-refractivity contribution is -0.123. The second-order valence-electron chi connectivity index (χ2n) is 8.03. The third-order valence-corrected chi connectivity index (χ3v) is 6.33. The monoisotopic (exact) mass is 435 g/mol. The molecule has 1 spiro atoms. The van der Waals surface area contributed by atoms with Crippen molar-refractivity contribution in [2.75, 3.05) is 18.4 Å². The van der Waals surface area contributed by atoms with Gasteiger partial charge in [-0.1, -0.05) is 41.9 Å². The summed E-state index contributed by atoms with van der Waals surface area (Å²) in [4.78, 5) is 31.1. The van der Waals surface area contributed by atoms with Crippen LogP contribution >= 0.6 is 11.6 Å². The van der Waals surface area contributed by atoms with E-state index < -0.39 is 5.54 Å². The predicted octanol–water partition coefficient (Wildman–Crippen LogP) is 3.72. The zero-order valence-electron chi connectivity index (χ0n) is 16.8. The average molecular weight is 436 g/mol. The number of nitrogens with zero attached hydrogens (tertiary/aromatic N) is 3. The van der Waals surface area contributed by atoms with Crippen LogP contribution < -0.4 is 10.6 Å². The number of hydrogen-bond donors (Lipinski definition) is 2. The molecule has 1 fully saturated rings. The highest BCUT2D eigenvalue weighted by atomic mass is 35.5. The largest absolute Gasteiger partial charge is 0.346 e. The highest BCUT2D eigenvalue weighted by Gasteiger charge is 2.42. The van der Waals surface area contributed by atoms with Crippen LogP contribution in [0.5, 0.6) is 0 Å². The number of nitrogens with one attached hydrogen (secondary N) is 2. The fraction of sp³-hybridized carbons (Fsp3) is 0.261. The molecule has 3 amide bonds. The van der Waals surface area contributed by atoms with E-state index in [9.17, 15) is 9.59 Å². The van der Waals surface area contributed by atoms with Gasteiger partial charge < -0.3 is 14.8 Å². The summed E-state index contributed by atoms with van der Waals surface area (Å²) < 4.78 is 1.81. The smallest absolute Gasteiger partial charge is 0.323 e. The number of hydrogen-bond acceptors (Lipinski definition) is 3. The molecule has 0 radical (unpaired) electrons. The molecule has 2 aliphatic rings. The van der Waals surface area contributed by atoms with Crippen LogP contribution in [0.3, 0.4) is 0 Å². The highest BCUT2D eigenvalue weighted by molar-refractivity contribution is 6.30. The van der Waals surface area contributed by atoms with E-state index in [2.05, 4.69) is 21.7 Å². The van der Waals surface area contributed by atoms with Gasteiger partial charge in [-0.15, -0.1) is 0 Å². The summed E-state index contributed by atoms with van der Waals surface area (Å²) >= 11 is 6.05. The molecule has 158 valence electrons. The second-order valence-corrected chi connectivity index (χ2v) is 8.46. The van der Waals surface area contributed by atoms with Crippen molar-refractivity contribution >= 4 is 29.4 Å². The number of carbonyl (C=O) groups is 2. The maximum atomic E-state index is 12.8. The van der Waals surface area contributed by atoms with Crippen molar-refractivity contribution < 1.29 is 9.59 Å². The Balaban J connectivity index is 1.26. The van der Waals surface area contributed by atoms with Crippen molar-refractivity contribution in [3.8, 4) is 5.69 Å². The van der Waals surface area contributed by atoms with E-state index in [0.717, 1.165) is 11.3 Å². The standard InChI is InChI=1S/C23H22ClN5O2/c24-17-5-3-6-18(13-17)29-14-20(25-15-29)26-22(31)28-10-8-23(9-11-28)19-7-2-1-4-16(19)12-21(30)27-23/h1-7,13-15H,8-12H2,(H,26,31)(H,27,30). The van der Waals surface area contributed by atoms with Crippen LogP contribution in [0.15, 0.2) is 61.1 Å². The van der Waals surface area contributed by atoms with E-state index in [1.807, 2.05) is 36.4 Å². The summed E-state index contributed by atoms with van der Waals surface area (Å²) in [6, 6.07) is 15.3. The number of halogens is 1. The van der Waals surface area contributed by atoms with Crippen molar-refractivity contribution in [3.05, 3.63) is 77.2 Å². The lowest BCUT2D eigenvalue weighted by Crippen LogP contribution is -2.57. The minimum atomic E-state index is -0.392. The van der Waals surface area contributed by atoms with Gasteiger partial charge in [0.1, 0.15) is 6.33 Å². The topological polar surface area (TPSA) is 79.3 Å². The zero-order chi connectivity index (χ0) is 21.4. The van der Waals surface area contributed by atoms with E-state index in [1.54, 1.807) is 28.1 Å². The van der Waals surface area contributed by atoms with Crippen molar-refractivity contribution in [1.82, 2.24) is 19.8 Å². The molecule has 0 atom stereocenters. The summed E-state index contributed by atoms with van der Waals surface area (Å²) in [6.45, 7) is 1.10. The van der Waals surface area contributed by atoms with Gasteiger partial charge in [-0.3, -0.25) is 10.1 Å². The SMILES string of the molecule is O=C1Cc2ccccc2C2(CCN(C(=O)Nc3cn(-c4cccc(Cl)c4)cn3)CC2)N1. The third kappa shape index (κ3) is 3.77. The molecular formula is C23H22ClN5O2. The summed E-state index contributed by atoms with van der Waals surface area (Å²) in [7, 11) is 0. The van der Waals surface area contributed by atoms with Crippen LogP contribution in [0, 0.1) is 0 Å². The van der Waals surface area contributed by atoms with Crippen molar-refractivity contribution in [3.63, 3.8) is 0 Å². The number of benzene rings is 2. The van der Waals surface area contributed by atoms with Gasteiger partial charge in [-0.2, -0.15) is 0 Å². The molecule has 0 unspecified atom stereocenters. The molecule has 0 saturated carbocycles. The lowest BCUT2D eigenvalue weighted by atomic mass is 9.76. The first-order valence-corrected chi connectivity index (χ1v) is 10.7. The van der Waals surface area contributed by atoms with Gasteiger partial charge in [0.25, 0.3) is 0 Å². The Morgan fingerprint density at radius 2 is 1.94 bits per heavy atom. The van der Waals surface area contributed by atoms with Crippen LogP contribution in [-0.2, 0) is 16.8 Å². The first kappa shape index (κ1) is 19.6. The van der Waals surface area contributed by atoms with Crippen molar-refractivity contribution in [2.24, 2.45) is 0 Å². The number of urea groups is 1. The van der Waals surface area contributed by atoms with Gasteiger partial charge in [-0.25, -0.2) is 9.78 Å². The van der Waals surface area contributed by atoms with Crippen LogP contribution in [0.2, 0.25) is 5.02 Å². The molecule has 3 heterocycles. The van der Waals surface area contributed by atoms with Crippen LogP contribution in [0.1, 0.15) is 24.0 Å². The highest BCUT2D eigenvalue weighted by Crippen LogP contribution is 2.37. The Hall–Kier alpha value is -3.32. The summed E-state index contributed by atoms with van der Waals surface area (Å²) in [6.07, 6.45) is 5.17. The minimum absolute atomic E-state index is 0.0446. The molecular weight excluding hydrogens is 414 g/mol. The van der Waals surface area contributed by atoms with Crippen molar-refractivity contribution in [1.29, 1.82) is 0 Å². The van der Waals surface area contributed by atoms with E-state index in [1.165, 1.54) is 5.56 Å². The zero-order valence-corrected chi connectivity index (χ0v) is 17.6. The van der Waals surface area contributed by atoms with Gasteiger partial charge in [0.15, 0.2) is 5.82 Å². The lowest BCUT2D eigenvalue weighted by Gasteiger charge is -2.45. The maximum absolute atomic E-state index is 12.8. The number of likely N-dealkylation sites (tertiary alicyclic amines) is 1. The Kier molecular flexibility index (Phi) is 4.90. The summed E-state index contributed by atoms with van der Waals surface area (Å²) in [5.74, 6) is 0.518. The third-order valence-electron chi connectivity index (χ3n) is 6.09. The Morgan fingerprint density at radius 3 is 2.74 bits per heavy atom. The molecule has 0 bridgehead atoms. The van der Waals surface area contributed by atoms with Gasteiger partial charge in [-0.05, 0) is 42.2 Å². The number of aromatic nitrogens is 2. The molecule has 2 aromatic carbocycles.